The van der Waals surface area contributed by atoms with E-state index in [0.717, 1.165) is 38.5 Å². The number of sulfone groups is 1. The zero-order valence-electron chi connectivity index (χ0n) is 9.90. The molecule has 0 saturated heterocycles. The molecule has 2 N–H and O–H groups in total. The number of hydrogen-bond acceptors (Lipinski definition) is 3. The monoisotopic (exact) mass is 245 g/mol. The Morgan fingerprint density at radius 3 is 2.12 bits per heavy atom. The third-order valence-corrected chi connectivity index (χ3v) is 6.60. The van der Waals surface area contributed by atoms with Crippen molar-refractivity contribution in [1.82, 2.24) is 0 Å². The standard InChI is InChI=1S/C12H23NO2S/c13-11-7-3-4-8-12(11)16(14,15)9-10-5-1-2-6-10/h10-12H,1-9,13H2. The van der Waals surface area contributed by atoms with Gasteiger partial charge in [-0.05, 0) is 31.6 Å². The molecule has 0 aliphatic heterocycles. The first-order valence-corrected chi connectivity index (χ1v) is 8.28. The van der Waals surface area contributed by atoms with E-state index in [9.17, 15) is 8.42 Å². The van der Waals surface area contributed by atoms with Crippen LogP contribution in [-0.4, -0.2) is 25.5 Å². The fourth-order valence-electron chi connectivity index (χ4n) is 3.20. The molecule has 2 aliphatic rings. The van der Waals surface area contributed by atoms with Crippen LogP contribution in [-0.2, 0) is 9.84 Å². The van der Waals surface area contributed by atoms with Crippen molar-refractivity contribution in [3.8, 4) is 0 Å². The van der Waals surface area contributed by atoms with E-state index in [4.69, 9.17) is 5.73 Å². The highest BCUT2D eigenvalue weighted by Crippen LogP contribution is 2.30. The summed E-state index contributed by atoms with van der Waals surface area (Å²) in [5.74, 6) is 0.810. The van der Waals surface area contributed by atoms with Crippen LogP contribution in [0.25, 0.3) is 0 Å². The van der Waals surface area contributed by atoms with Gasteiger partial charge in [0.15, 0.2) is 9.84 Å². The van der Waals surface area contributed by atoms with Gasteiger partial charge in [-0.1, -0.05) is 25.7 Å². The van der Waals surface area contributed by atoms with Crippen LogP contribution >= 0.6 is 0 Å². The second-order valence-electron chi connectivity index (χ2n) is 5.47. The van der Waals surface area contributed by atoms with Gasteiger partial charge in [0.2, 0.25) is 0 Å². The number of rotatable bonds is 3. The summed E-state index contributed by atoms with van der Waals surface area (Å²) >= 11 is 0. The maximum absolute atomic E-state index is 12.3. The fraction of sp³-hybridized carbons (Fsp3) is 1.00. The Morgan fingerprint density at radius 1 is 0.938 bits per heavy atom. The number of nitrogens with two attached hydrogens (primary N) is 1. The van der Waals surface area contributed by atoms with Gasteiger partial charge in [0.25, 0.3) is 0 Å². The molecule has 0 amide bonds. The summed E-state index contributed by atoms with van der Waals surface area (Å²) in [6.07, 6.45) is 8.40. The number of hydrogen-bond donors (Lipinski definition) is 1. The summed E-state index contributed by atoms with van der Waals surface area (Å²) in [4.78, 5) is 0. The highest BCUT2D eigenvalue weighted by molar-refractivity contribution is 7.92. The predicted molar refractivity (Wildman–Crippen MR) is 66.0 cm³/mol. The Balaban J connectivity index is 1.99. The van der Waals surface area contributed by atoms with Gasteiger partial charge < -0.3 is 5.73 Å². The molecule has 3 nitrogen and oxygen atoms in total. The van der Waals surface area contributed by atoms with Crippen LogP contribution in [0.2, 0.25) is 0 Å². The Kier molecular flexibility index (Phi) is 3.90. The first-order valence-electron chi connectivity index (χ1n) is 6.57. The lowest BCUT2D eigenvalue weighted by atomic mass is 9.96. The van der Waals surface area contributed by atoms with Crippen LogP contribution in [0.5, 0.6) is 0 Å². The third kappa shape index (κ3) is 2.77. The fourth-order valence-corrected chi connectivity index (χ4v) is 5.63. The van der Waals surface area contributed by atoms with Gasteiger partial charge >= 0.3 is 0 Å². The molecule has 0 aromatic heterocycles. The zero-order valence-corrected chi connectivity index (χ0v) is 10.7. The van der Waals surface area contributed by atoms with E-state index in [1.54, 1.807) is 0 Å². The van der Waals surface area contributed by atoms with E-state index < -0.39 is 9.84 Å². The van der Waals surface area contributed by atoms with Gasteiger partial charge in [0.05, 0.1) is 11.0 Å². The van der Waals surface area contributed by atoms with Crippen LogP contribution in [0.4, 0.5) is 0 Å². The van der Waals surface area contributed by atoms with E-state index >= 15 is 0 Å². The highest BCUT2D eigenvalue weighted by atomic mass is 32.2. The summed E-state index contributed by atoms with van der Waals surface area (Å²) in [6, 6.07) is -0.111. The maximum atomic E-state index is 12.3. The van der Waals surface area contributed by atoms with Gasteiger partial charge in [0, 0.05) is 6.04 Å². The average molecular weight is 245 g/mol. The molecule has 2 rings (SSSR count). The van der Waals surface area contributed by atoms with Crippen molar-refractivity contribution in [3.63, 3.8) is 0 Å². The van der Waals surface area contributed by atoms with Crippen LogP contribution in [0, 0.1) is 5.92 Å². The minimum Gasteiger partial charge on any atom is -0.327 e. The van der Waals surface area contributed by atoms with Crippen LogP contribution in [0.1, 0.15) is 51.4 Å². The highest BCUT2D eigenvalue weighted by Gasteiger charge is 2.35. The molecule has 2 aliphatic carbocycles. The molecule has 94 valence electrons. The Hall–Kier alpha value is -0.0900. The van der Waals surface area contributed by atoms with Crippen LogP contribution in [0.15, 0.2) is 0 Å². The molecule has 0 heterocycles. The first kappa shape index (κ1) is 12.4. The zero-order chi connectivity index (χ0) is 11.6. The molecule has 4 heteroatoms. The summed E-state index contributed by atoms with van der Waals surface area (Å²) in [5, 5.41) is -0.248. The molecule has 0 aromatic rings. The topological polar surface area (TPSA) is 60.2 Å². The second-order valence-corrected chi connectivity index (χ2v) is 7.73. The lowest BCUT2D eigenvalue weighted by Crippen LogP contribution is -2.44. The van der Waals surface area contributed by atoms with E-state index in [0.29, 0.717) is 11.7 Å². The van der Waals surface area contributed by atoms with Gasteiger partial charge in [-0.15, -0.1) is 0 Å². The summed E-state index contributed by atoms with van der Waals surface area (Å²) < 4.78 is 24.5. The Labute approximate surface area is 98.7 Å². The largest absolute Gasteiger partial charge is 0.327 e. The molecule has 2 saturated carbocycles. The summed E-state index contributed by atoms with van der Waals surface area (Å²) in [5.41, 5.74) is 5.96. The van der Waals surface area contributed by atoms with Crippen molar-refractivity contribution >= 4 is 9.84 Å². The van der Waals surface area contributed by atoms with Gasteiger partial charge in [-0.2, -0.15) is 0 Å². The predicted octanol–water partition coefficient (Wildman–Crippen LogP) is 1.86. The van der Waals surface area contributed by atoms with Crippen LogP contribution in [0.3, 0.4) is 0 Å². The minimum absolute atomic E-state index is 0.111. The normalized spacial score (nSPS) is 33.1. The van der Waals surface area contributed by atoms with Crippen molar-refractivity contribution in [3.05, 3.63) is 0 Å². The van der Waals surface area contributed by atoms with E-state index in [-0.39, 0.29) is 11.3 Å². The summed E-state index contributed by atoms with van der Waals surface area (Å²) in [6.45, 7) is 0. The first-order chi connectivity index (χ1) is 7.59. The van der Waals surface area contributed by atoms with Gasteiger partial charge in [-0.25, -0.2) is 8.42 Å². The van der Waals surface area contributed by atoms with Crippen molar-refractivity contribution in [2.75, 3.05) is 5.75 Å². The van der Waals surface area contributed by atoms with Crippen molar-refractivity contribution in [2.24, 2.45) is 11.7 Å². The molecular formula is C12H23NO2S. The molecule has 2 unspecified atom stereocenters. The van der Waals surface area contributed by atoms with E-state index in [1.165, 1.54) is 12.8 Å². The molecule has 0 bridgehead atoms. The second kappa shape index (κ2) is 5.05. The minimum atomic E-state index is -2.94. The molecule has 0 radical (unpaired) electrons. The Morgan fingerprint density at radius 2 is 1.50 bits per heavy atom. The smallest absolute Gasteiger partial charge is 0.154 e. The van der Waals surface area contributed by atoms with Crippen molar-refractivity contribution in [1.29, 1.82) is 0 Å². The molecular weight excluding hydrogens is 222 g/mol. The average Bonchev–Trinajstić information content (AvgIpc) is 2.70. The van der Waals surface area contributed by atoms with Crippen LogP contribution < -0.4 is 5.73 Å². The van der Waals surface area contributed by atoms with Gasteiger partial charge in [0.1, 0.15) is 0 Å². The van der Waals surface area contributed by atoms with Crippen molar-refractivity contribution < 1.29 is 8.42 Å². The molecule has 16 heavy (non-hydrogen) atoms. The third-order valence-electron chi connectivity index (χ3n) is 4.16. The Bertz CT molecular complexity index is 320. The van der Waals surface area contributed by atoms with Gasteiger partial charge in [-0.3, -0.25) is 0 Å². The molecule has 2 atom stereocenters. The summed E-state index contributed by atoms with van der Waals surface area (Å²) in [7, 11) is -2.94. The maximum Gasteiger partial charge on any atom is 0.154 e. The molecule has 0 aromatic carbocycles. The lowest BCUT2D eigenvalue weighted by molar-refractivity contribution is 0.428. The SMILES string of the molecule is NC1CCCCC1S(=O)(=O)CC1CCCC1. The quantitative estimate of drug-likeness (QED) is 0.825. The molecule has 0 spiro atoms. The van der Waals surface area contributed by atoms with E-state index in [1.807, 2.05) is 0 Å². The van der Waals surface area contributed by atoms with E-state index in [2.05, 4.69) is 0 Å². The lowest BCUT2D eigenvalue weighted by Gasteiger charge is -2.29. The molecule has 2 fully saturated rings. The van der Waals surface area contributed by atoms with Crippen molar-refractivity contribution in [2.45, 2.75) is 62.7 Å².